The Kier molecular flexibility index (Phi) is 4.98. The van der Waals surface area contributed by atoms with Crippen LogP contribution in [0, 0.1) is 5.41 Å². The Hall–Kier alpha value is 0.1000. The number of nitrogens with two attached hydrogens (primary N) is 1. The van der Waals surface area contributed by atoms with Crippen molar-refractivity contribution in [2.24, 2.45) is 11.1 Å². The molecule has 2 nitrogen and oxygen atoms in total. The maximum absolute atomic E-state index is 5.77. The van der Waals surface area contributed by atoms with E-state index in [9.17, 15) is 0 Å². The predicted molar refractivity (Wildman–Crippen MR) is 75.9 cm³/mol. The SMILES string of the molecule is CC(c1ccc(Br)s1)N(C)CC(C)(C)CN. The molecule has 1 unspecified atom stereocenters. The van der Waals surface area contributed by atoms with Crippen molar-refractivity contribution in [3.63, 3.8) is 0 Å². The fraction of sp³-hybridized carbons (Fsp3) is 0.667. The summed E-state index contributed by atoms with van der Waals surface area (Å²) in [4.78, 5) is 3.76. The third-order valence-electron chi connectivity index (χ3n) is 2.90. The van der Waals surface area contributed by atoms with Crippen LogP contribution in [-0.2, 0) is 0 Å². The Morgan fingerprint density at radius 3 is 2.56 bits per heavy atom. The standard InChI is InChI=1S/C12H21BrN2S/c1-9(10-5-6-11(13)16-10)15(4)8-12(2,3)7-14/h5-6,9H,7-8,14H2,1-4H3. The van der Waals surface area contributed by atoms with Gasteiger partial charge < -0.3 is 5.73 Å². The third-order valence-corrected chi connectivity index (χ3v) is 4.69. The van der Waals surface area contributed by atoms with E-state index in [2.05, 4.69) is 60.8 Å². The molecule has 1 rings (SSSR count). The van der Waals surface area contributed by atoms with E-state index in [4.69, 9.17) is 5.73 Å². The molecule has 0 saturated heterocycles. The van der Waals surface area contributed by atoms with Gasteiger partial charge in [-0.1, -0.05) is 13.8 Å². The molecule has 0 fully saturated rings. The molecular formula is C12H21BrN2S. The average Bonchev–Trinajstić information content (AvgIpc) is 2.63. The zero-order valence-corrected chi connectivity index (χ0v) is 12.9. The van der Waals surface area contributed by atoms with Crippen molar-refractivity contribution < 1.29 is 0 Å². The second kappa shape index (κ2) is 5.63. The van der Waals surface area contributed by atoms with Crippen molar-refractivity contribution in [2.45, 2.75) is 26.8 Å². The van der Waals surface area contributed by atoms with E-state index < -0.39 is 0 Å². The van der Waals surface area contributed by atoms with Gasteiger partial charge in [0.1, 0.15) is 0 Å². The summed E-state index contributed by atoms with van der Waals surface area (Å²) in [6.07, 6.45) is 0. The summed E-state index contributed by atoms with van der Waals surface area (Å²) in [5.74, 6) is 0. The van der Waals surface area contributed by atoms with E-state index in [1.165, 1.54) is 8.66 Å². The fourth-order valence-electron chi connectivity index (χ4n) is 1.65. The van der Waals surface area contributed by atoms with E-state index in [-0.39, 0.29) is 5.41 Å². The van der Waals surface area contributed by atoms with Gasteiger partial charge in [0, 0.05) is 17.5 Å². The second-order valence-electron chi connectivity index (χ2n) is 5.10. The van der Waals surface area contributed by atoms with Gasteiger partial charge in [0.2, 0.25) is 0 Å². The van der Waals surface area contributed by atoms with E-state index in [1.54, 1.807) is 11.3 Å². The maximum atomic E-state index is 5.77. The second-order valence-corrected chi connectivity index (χ2v) is 7.60. The Morgan fingerprint density at radius 1 is 1.50 bits per heavy atom. The molecule has 0 saturated carbocycles. The molecule has 1 aromatic heterocycles. The van der Waals surface area contributed by atoms with Crippen LogP contribution in [0.25, 0.3) is 0 Å². The van der Waals surface area contributed by atoms with Crippen LogP contribution in [-0.4, -0.2) is 25.0 Å². The summed E-state index contributed by atoms with van der Waals surface area (Å²) >= 11 is 5.31. The van der Waals surface area contributed by atoms with Crippen molar-refractivity contribution in [2.75, 3.05) is 20.1 Å². The summed E-state index contributed by atoms with van der Waals surface area (Å²) in [6, 6.07) is 4.74. The fourth-order valence-corrected chi connectivity index (χ4v) is 3.19. The van der Waals surface area contributed by atoms with Crippen molar-refractivity contribution in [1.29, 1.82) is 0 Å². The van der Waals surface area contributed by atoms with Crippen LogP contribution in [0.15, 0.2) is 15.9 Å². The lowest BCUT2D eigenvalue weighted by Gasteiger charge is -2.32. The maximum Gasteiger partial charge on any atom is 0.0701 e. The van der Waals surface area contributed by atoms with Crippen LogP contribution in [0.4, 0.5) is 0 Å². The minimum Gasteiger partial charge on any atom is -0.330 e. The topological polar surface area (TPSA) is 29.3 Å². The zero-order chi connectivity index (χ0) is 12.3. The Bertz CT molecular complexity index is 336. The number of rotatable bonds is 5. The van der Waals surface area contributed by atoms with Crippen LogP contribution in [0.2, 0.25) is 0 Å². The smallest absolute Gasteiger partial charge is 0.0701 e. The lowest BCUT2D eigenvalue weighted by molar-refractivity contribution is 0.176. The number of halogens is 1. The van der Waals surface area contributed by atoms with Crippen LogP contribution < -0.4 is 5.73 Å². The number of hydrogen-bond donors (Lipinski definition) is 1. The highest BCUT2D eigenvalue weighted by Crippen LogP contribution is 2.31. The minimum atomic E-state index is 0.178. The monoisotopic (exact) mass is 304 g/mol. The van der Waals surface area contributed by atoms with Gasteiger partial charge in [0.15, 0.2) is 0 Å². The van der Waals surface area contributed by atoms with Crippen molar-refractivity contribution in [3.8, 4) is 0 Å². The third kappa shape index (κ3) is 3.84. The van der Waals surface area contributed by atoms with Gasteiger partial charge in [-0.2, -0.15) is 0 Å². The largest absolute Gasteiger partial charge is 0.330 e. The highest BCUT2D eigenvalue weighted by Gasteiger charge is 2.22. The van der Waals surface area contributed by atoms with Crippen LogP contribution in [0.3, 0.4) is 0 Å². The molecule has 0 aliphatic rings. The lowest BCUT2D eigenvalue weighted by atomic mass is 9.93. The van der Waals surface area contributed by atoms with Gasteiger partial charge in [-0.05, 0) is 54.0 Å². The molecule has 1 heterocycles. The number of thiophene rings is 1. The molecule has 1 atom stereocenters. The summed E-state index contributed by atoms with van der Waals surface area (Å²) in [6.45, 7) is 8.39. The zero-order valence-electron chi connectivity index (χ0n) is 10.5. The molecule has 92 valence electrons. The molecule has 0 aliphatic carbocycles. The van der Waals surface area contributed by atoms with Crippen LogP contribution in [0.5, 0.6) is 0 Å². The van der Waals surface area contributed by atoms with Crippen molar-refractivity contribution in [3.05, 3.63) is 20.8 Å². The minimum absolute atomic E-state index is 0.178. The van der Waals surface area contributed by atoms with Gasteiger partial charge in [0.05, 0.1) is 3.79 Å². The molecule has 4 heteroatoms. The van der Waals surface area contributed by atoms with Gasteiger partial charge in [-0.25, -0.2) is 0 Å². The number of nitrogens with zero attached hydrogens (tertiary/aromatic N) is 1. The first-order valence-electron chi connectivity index (χ1n) is 5.51. The normalized spacial score (nSPS) is 14.4. The summed E-state index contributed by atoms with van der Waals surface area (Å²) in [5.41, 5.74) is 5.94. The molecule has 0 radical (unpaired) electrons. The first kappa shape index (κ1) is 14.2. The highest BCUT2D eigenvalue weighted by molar-refractivity contribution is 9.11. The first-order valence-corrected chi connectivity index (χ1v) is 7.12. The molecule has 2 N–H and O–H groups in total. The van der Waals surface area contributed by atoms with Gasteiger partial charge in [0.25, 0.3) is 0 Å². The van der Waals surface area contributed by atoms with E-state index in [0.29, 0.717) is 6.04 Å². The lowest BCUT2D eigenvalue weighted by Crippen LogP contribution is -2.37. The summed E-state index contributed by atoms with van der Waals surface area (Å²) in [5, 5.41) is 0. The number of hydrogen-bond acceptors (Lipinski definition) is 3. The van der Waals surface area contributed by atoms with Crippen molar-refractivity contribution >= 4 is 27.3 Å². The van der Waals surface area contributed by atoms with E-state index >= 15 is 0 Å². The molecule has 0 bridgehead atoms. The molecule has 0 aromatic carbocycles. The van der Waals surface area contributed by atoms with E-state index in [0.717, 1.165) is 13.1 Å². The first-order chi connectivity index (χ1) is 7.35. The molecule has 0 amide bonds. The Morgan fingerprint density at radius 2 is 2.12 bits per heavy atom. The van der Waals surface area contributed by atoms with Crippen LogP contribution >= 0.6 is 27.3 Å². The predicted octanol–water partition coefficient (Wildman–Crippen LogP) is 3.49. The average molecular weight is 305 g/mol. The van der Waals surface area contributed by atoms with Gasteiger partial charge in [-0.3, -0.25) is 4.90 Å². The quantitative estimate of drug-likeness (QED) is 0.902. The van der Waals surface area contributed by atoms with Crippen LogP contribution in [0.1, 0.15) is 31.7 Å². The summed E-state index contributed by atoms with van der Waals surface area (Å²) in [7, 11) is 2.16. The van der Waals surface area contributed by atoms with Gasteiger partial charge in [-0.15, -0.1) is 11.3 Å². The summed E-state index contributed by atoms with van der Waals surface area (Å²) < 4.78 is 1.20. The van der Waals surface area contributed by atoms with E-state index in [1.807, 2.05) is 0 Å². The van der Waals surface area contributed by atoms with Crippen molar-refractivity contribution in [1.82, 2.24) is 4.90 Å². The Balaban J connectivity index is 2.64. The molecule has 0 spiro atoms. The molecular weight excluding hydrogens is 284 g/mol. The highest BCUT2D eigenvalue weighted by atomic mass is 79.9. The molecule has 0 aliphatic heterocycles. The van der Waals surface area contributed by atoms with Gasteiger partial charge >= 0.3 is 0 Å². The Labute approximate surface area is 111 Å². The molecule has 1 aromatic rings. The molecule has 16 heavy (non-hydrogen) atoms.